The van der Waals surface area contributed by atoms with E-state index in [9.17, 15) is 4.79 Å². The molecule has 4 aromatic rings. The number of carbonyl (C=O) groups excluding carboxylic acids is 1. The summed E-state index contributed by atoms with van der Waals surface area (Å²) in [4.78, 5) is 14.8. The third kappa shape index (κ3) is 3.47. The fourth-order valence-corrected chi connectivity index (χ4v) is 5.16. The van der Waals surface area contributed by atoms with Crippen molar-refractivity contribution in [1.82, 2.24) is 24.1 Å². The van der Waals surface area contributed by atoms with E-state index in [-0.39, 0.29) is 5.91 Å². The number of nitrogens with zero attached hydrogens (tertiary/aromatic N) is 5. The van der Waals surface area contributed by atoms with Gasteiger partial charge in [0, 0.05) is 12.6 Å². The van der Waals surface area contributed by atoms with Gasteiger partial charge in [-0.1, -0.05) is 54.2 Å². The van der Waals surface area contributed by atoms with Gasteiger partial charge in [-0.25, -0.2) is 0 Å². The fourth-order valence-electron chi connectivity index (χ4n) is 4.33. The molecule has 0 radical (unpaired) electrons. The van der Waals surface area contributed by atoms with Crippen LogP contribution in [0.1, 0.15) is 31.7 Å². The van der Waals surface area contributed by atoms with Gasteiger partial charge in [-0.2, -0.15) is 0 Å². The maximum Gasteiger partial charge on any atom is 0.237 e. The Bertz CT molecular complexity index is 1180. The lowest BCUT2D eigenvalue weighted by atomic mass is 10.0. The van der Waals surface area contributed by atoms with Crippen LogP contribution in [0.5, 0.6) is 0 Å². The van der Waals surface area contributed by atoms with Crippen molar-refractivity contribution in [2.24, 2.45) is 0 Å². The minimum Gasteiger partial charge on any atom is -0.339 e. The van der Waals surface area contributed by atoms with Gasteiger partial charge < -0.3 is 9.47 Å². The molecule has 0 saturated carbocycles. The zero-order valence-corrected chi connectivity index (χ0v) is 17.9. The number of hydrogen-bond acceptors (Lipinski definition) is 4. The molecule has 0 N–H and O–H groups in total. The molecule has 1 aliphatic heterocycles. The van der Waals surface area contributed by atoms with E-state index in [1.54, 1.807) is 0 Å². The van der Waals surface area contributed by atoms with Gasteiger partial charge in [0.15, 0.2) is 5.16 Å². The topological polar surface area (TPSA) is 55.4 Å². The van der Waals surface area contributed by atoms with Crippen LogP contribution in [0.3, 0.4) is 0 Å². The second kappa shape index (κ2) is 8.14. The predicted molar refractivity (Wildman–Crippen MR) is 120 cm³/mol. The van der Waals surface area contributed by atoms with Gasteiger partial charge in [0.05, 0.1) is 23.3 Å². The Kier molecular flexibility index (Phi) is 5.21. The molecule has 154 valence electrons. The van der Waals surface area contributed by atoms with Crippen molar-refractivity contribution >= 4 is 34.5 Å². The van der Waals surface area contributed by atoms with Crippen molar-refractivity contribution in [1.29, 1.82) is 0 Å². The molecule has 1 fully saturated rings. The van der Waals surface area contributed by atoms with E-state index in [2.05, 4.69) is 62.5 Å². The molecule has 6 nitrogen and oxygen atoms in total. The molecule has 0 unspecified atom stereocenters. The molecule has 0 aliphatic carbocycles. The highest BCUT2D eigenvalue weighted by Crippen LogP contribution is 2.27. The molecule has 7 heteroatoms. The first-order valence-corrected chi connectivity index (χ1v) is 11.5. The van der Waals surface area contributed by atoms with Crippen LogP contribution in [0.15, 0.2) is 59.8 Å². The largest absolute Gasteiger partial charge is 0.339 e. The van der Waals surface area contributed by atoms with E-state index in [1.807, 2.05) is 23.1 Å². The number of thioether (sulfide) groups is 1. The first kappa shape index (κ1) is 19.2. The summed E-state index contributed by atoms with van der Waals surface area (Å²) in [5.74, 6) is 1.39. The normalized spacial score (nSPS) is 17.1. The molecule has 0 bridgehead atoms. The van der Waals surface area contributed by atoms with Crippen LogP contribution >= 0.6 is 11.8 Å². The standard InChI is InChI=1S/C23H25N5OS/c1-17-9-7-8-14-26(17)21(29)16-30-23-25-24-22-27(15-18-10-3-2-4-11-18)19-12-5-6-13-20(19)28(22)23/h2-6,10-13,17H,7-9,14-16H2,1H3/t17-/m0/s1. The molecule has 1 aliphatic rings. The monoisotopic (exact) mass is 419 g/mol. The number of carbonyl (C=O) groups is 1. The van der Waals surface area contributed by atoms with Crippen LogP contribution in [0, 0.1) is 0 Å². The van der Waals surface area contributed by atoms with Crippen LogP contribution in [0.25, 0.3) is 16.8 Å². The van der Waals surface area contributed by atoms with Crippen LogP contribution in [0.2, 0.25) is 0 Å². The van der Waals surface area contributed by atoms with Crippen molar-refractivity contribution in [2.75, 3.05) is 12.3 Å². The quantitative estimate of drug-likeness (QED) is 0.455. The van der Waals surface area contributed by atoms with Crippen LogP contribution in [-0.4, -0.2) is 48.3 Å². The Morgan fingerprint density at radius 2 is 1.80 bits per heavy atom. The summed E-state index contributed by atoms with van der Waals surface area (Å²) >= 11 is 1.48. The number of aromatic nitrogens is 4. The number of fused-ring (bicyclic) bond motifs is 3. The fraction of sp³-hybridized carbons (Fsp3) is 0.348. The number of amides is 1. The Morgan fingerprint density at radius 3 is 2.60 bits per heavy atom. The SMILES string of the molecule is C[C@H]1CCCCN1C(=O)CSc1nnc2n(Cc3ccccc3)c3ccccc3n12. The first-order chi connectivity index (χ1) is 14.7. The molecule has 30 heavy (non-hydrogen) atoms. The molecule has 2 aromatic heterocycles. The second-order valence-corrected chi connectivity index (χ2v) is 8.84. The van der Waals surface area contributed by atoms with Crippen LogP contribution in [-0.2, 0) is 11.3 Å². The Balaban J connectivity index is 1.46. The molecule has 2 aromatic carbocycles. The summed E-state index contributed by atoms with van der Waals surface area (Å²) in [5.41, 5.74) is 3.39. The minimum absolute atomic E-state index is 0.192. The number of benzene rings is 2. The summed E-state index contributed by atoms with van der Waals surface area (Å²) in [6.07, 6.45) is 3.41. The molecular weight excluding hydrogens is 394 g/mol. The lowest BCUT2D eigenvalue weighted by molar-refractivity contribution is -0.131. The van der Waals surface area contributed by atoms with Crippen LogP contribution < -0.4 is 0 Å². The Labute approximate surface area is 179 Å². The lowest BCUT2D eigenvalue weighted by Gasteiger charge is -2.33. The van der Waals surface area contributed by atoms with E-state index in [4.69, 9.17) is 0 Å². The second-order valence-electron chi connectivity index (χ2n) is 7.90. The third-order valence-electron chi connectivity index (χ3n) is 5.90. The average Bonchev–Trinajstić information content (AvgIpc) is 3.33. The zero-order chi connectivity index (χ0) is 20.5. The number of piperidine rings is 1. The maximum atomic E-state index is 12.8. The van der Waals surface area contributed by atoms with Crippen molar-refractivity contribution in [3.05, 3.63) is 60.2 Å². The van der Waals surface area contributed by atoms with E-state index < -0.39 is 0 Å². The van der Waals surface area contributed by atoms with Gasteiger partial charge in [-0.3, -0.25) is 9.20 Å². The molecule has 5 rings (SSSR count). The molecule has 1 atom stereocenters. The highest BCUT2D eigenvalue weighted by Gasteiger charge is 2.24. The van der Waals surface area contributed by atoms with Gasteiger partial charge in [0.2, 0.25) is 11.7 Å². The summed E-state index contributed by atoms with van der Waals surface area (Å²) in [7, 11) is 0. The number of imidazole rings is 1. The zero-order valence-electron chi connectivity index (χ0n) is 17.1. The highest BCUT2D eigenvalue weighted by atomic mass is 32.2. The number of hydrogen-bond donors (Lipinski definition) is 0. The summed E-state index contributed by atoms with van der Waals surface area (Å²) in [6.45, 7) is 3.74. The number of para-hydroxylation sites is 2. The predicted octanol–water partition coefficient (Wildman–Crippen LogP) is 4.23. The molecular formula is C23H25N5OS. The van der Waals surface area contributed by atoms with E-state index in [0.29, 0.717) is 11.8 Å². The van der Waals surface area contributed by atoms with Gasteiger partial charge >= 0.3 is 0 Å². The summed E-state index contributed by atoms with van der Waals surface area (Å²) in [5, 5.41) is 9.69. The molecule has 3 heterocycles. The molecule has 0 spiro atoms. The number of likely N-dealkylation sites (tertiary alicyclic amines) is 1. The van der Waals surface area contributed by atoms with Gasteiger partial charge in [-0.05, 0) is 43.9 Å². The smallest absolute Gasteiger partial charge is 0.237 e. The van der Waals surface area contributed by atoms with Gasteiger partial charge in [0.1, 0.15) is 0 Å². The van der Waals surface area contributed by atoms with Gasteiger partial charge in [-0.15, -0.1) is 10.2 Å². The number of rotatable bonds is 5. The Morgan fingerprint density at radius 1 is 1.03 bits per heavy atom. The Hall–Kier alpha value is -2.80. The third-order valence-corrected chi connectivity index (χ3v) is 6.82. The van der Waals surface area contributed by atoms with Crippen molar-refractivity contribution in [2.45, 2.75) is 43.9 Å². The summed E-state index contributed by atoms with van der Waals surface area (Å²) < 4.78 is 4.27. The van der Waals surface area contributed by atoms with Crippen molar-refractivity contribution in [3.63, 3.8) is 0 Å². The lowest BCUT2D eigenvalue weighted by Crippen LogP contribution is -2.42. The molecule has 1 amide bonds. The van der Waals surface area contributed by atoms with Crippen molar-refractivity contribution < 1.29 is 4.79 Å². The molecule has 1 saturated heterocycles. The van der Waals surface area contributed by atoms with E-state index in [1.165, 1.54) is 23.7 Å². The average molecular weight is 420 g/mol. The first-order valence-electron chi connectivity index (χ1n) is 10.5. The van der Waals surface area contributed by atoms with Gasteiger partial charge in [0.25, 0.3) is 0 Å². The minimum atomic E-state index is 0.192. The van der Waals surface area contributed by atoms with Crippen molar-refractivity contribution in [3.8, 4) is 0 Å². The van der Waals surface area contributed by atoms with E-state index in [0.717, 1.165) is 47.9 Å². The summed E-state index contributed by atoms with van der Waals surface area (Å²) in [6, 6.07) is 19.0. The highest BCUT2D eigenvalue weighted by molar-refractivity contribution is 7.99. The van der Waals surface area contributed by atoms with E-state index >= 15 is 0 Å². The van der Waals surface area contributed by atoms with Crippen LogP contribution in [0.4, 0.5) is 0 Å². The maximum absolute atomic E-state index is 12.8.